The number of benzene rings is 2. The highest BCUT2D eigenvalue weighted by Gasteiger charge is 2.38. The van der Waals surface area contributed by atoms with E-state index in [-0.39, 0.29) is 18.2 Å². The van der Waals surface area contributed by atoms with E-state index in [0.29, 0.717) is 23.1 Å². The third-order valence-corrected chi connectivity index (χ3v) is 5.52. The second-order valence-corrected chi connectivity index (χ2v) is 7.70. The van der Waals surface area contributed by atoms with Crippen LogP contribution in [0.3, 0.4) is 0 Å². The van der Waals surface area contributed by atoms with E-state index < -0.39 is 5.25 Å². The molecule has 3 rings (SSSR count). The smallest absolute Gasteiger partial charge is 0.242 e. The largest absolute Gasteiger partial charge is 0.495 e. The fourth-order valence-corrected chi connectivity index (χ4v) is 4.04. The normalized spacial score (nSPS) is 17.4. The molecular formula is C22H23N3O3S. The van der Waals surface area contributed by atoms with E-state index in [0.717, 1.165) is 11.3 Å². The fraction of sp³-hybridized carbons (Fsp3) is 0.227. The Balaban J connectivity index is 1.74. The van der Waals surface area contributed by atoms with Gasteiger partial charge in [0.25, 0.3) is 0 Å². The van der Waals surface area contributed by atoms with Gasteiger partial charge in [0.05, 0.1) is 18.5 Å². The predicted octanol–water partition coefficient (Wildman–Crippen LogP) is 4.15. The summed E-state index contributed by atoms with van der Waals surface area (Å²) in [7, 11) is 1.54. The van der Waals surface area contributed by atoms with Crippen molar-refractivity contribution in [2.45, 2.75) is 18.6 Å². The summed E-state index contributed by atoms with van der Waals surface area (Å²) in [5, 5.41) is 2.86. The van der Waals surface area contributed by atoms with E-state index >= 15 is 0 Å². The third-order valence-electron chi connectivity index (χ3n) is 4.34. The maximum absolute atomic E-state index is 12.8. The van der Waals surface area contributed by atoms with E-state index in [9.17, 15) is 9.59 Å². The second kappa shape index (κ2) is 9.43. The molecule has 1 heterocycles. The molecule has 0 bridgehead atoms. The molecule has 1 atom stereocenters. The van der Waals surface area contributed by atoms with E-state index in [4.69, 9.17) is 4.74 Å². The number of para-hydroxylation sites is 2. The first-order chi connectivity index (χ1) is 14.0. The fourth-order valence-electron chi connectivity index (χ4n) is 2.87. The zero-order valence-electron chi connectivity index (χ0n) is 16.4. The van der Waals surface area contributed by atoms with Crippen LogP contribution in [0.5, 0.6) is 5.75 Å². The van der Waals surface area contributed by atoms with Gasteiger partial charge in [-0.25, -0.2) is 4.99 Å². The van der Waals surface area contributed by atoms with Crippen LogP contribution in [0.1, 0.15) is 12.0 Å². The van der Waals surface area contributed by atoms with Gasteiger partial charge in [0.2, 0.25) is 11.8 Å². The quantitative estimate of drug-likeness (QED) is 0.698. The predicted molar refractivity (Wildman–Crippen MR) is 118 cm³/mol. The summed E-state index contributed by atoms with van der Waals surface area (Å²) in [5.41, 5.74) is 2.48. The van der Waals surface area contributed by atoms with Gasteiger partial charge in [0.15, 0.2) is 5.17 Å². The highest BCUT2D eigenvalue weighted by molar-refractivity contribution is 8.15. The van der Waals surface area contributed by atoms with E-state index in [1.165, 1.54) is 11.8 Å². The first-order valence-corrected chi connectivity index (χ1v) is 10.1. The molecule has 6 nitrogen and oxygen atoms in total. The third kappa shape index (κ3) is 5.06. The minimum Gasteiger partial charge on any atom is -0.495 e. The molecule has 1 saturated heterocycles. The second-order valence-electron chi connectivity index (χ2n) is 6.53. The Morgan fingerprint density at radius 1 is 1.28 bits per heavy atom. The molecule has 2 aromatic carbocycles. The lowest BCUT2D eigenvalue weighted by Gasteiger charge is -2.14. The van der Waals surface area contributed by atoms with Crippen LogP contribution < -0.4 is 10.1 Å². The molecule has 2 amide bonds. The molecule has 29 heavy (non-hydrogen) atoms. The molecule has 0 spiro atoms. The summed E-state index contributed by atoms with van der Waals surface area (Å²) in [6, 6.07) is 14.9. The number of carbonyl (C=O) groups excluding carboxylic acids is 2. The van der Waals surface area contributed by atoms with Gasteiger partial charge >= 0.3 is 0 Å². The van der Waals surface area contributed by atoms with Crippen molar-refractivity contribution in [2.75, 3.05) is 19.0 Å². The molecular weight excluding hydrogens is 386 g/mol. The zero-order valence-corrected chi connectivity index (χ0v) is 17.2. The minimum absolute atomic E-state index is 0.0438. The van der Waals surface area contributed by atoms with Crippen molar-refractivity contribution in [1.82, 2.24) is 4.90 Å². The van der Waals surface area contributed by atoms with Gasteiger partial charge < -0.3 is 10.1 Å². The number of aliphatic imine (C=N–C) groups is 1. The van der Waals surface area contributed by atoms with E-state index in [2.05, 4.69) is 16.9 Å². The van der Waals surface area contributed by atoms with Crippen LogP contribution >= 0.6 is 11.8 Å². The monoisotopic (exact) mass is 409 g/mol. The van der Waals surface area contributed by atoms with Crippen LogP contribution in [-0.4, -0.2) is 40.8 Å². The van der Waals surface area contributed by atoms with Gasteiger partial charge in [-0.1, -0.05) is 47.7 Å². The maximum atomic E-state index is 12.8. The standard InChI is InChI=1S/C22H23N3O3S/c1-4-13-25-21(27)19(29-22(25)23-16-11-9-15(2)10-12-16)14-20(26)24-17-7-5-6-8-18(17)28-3/h4-12,19H,1,13-14H2,2-3H3,(H,24,26). The summed E-state index contributed by atoms with van der Waals surface area (Å²) >= 11 is 1.30. The van der Waals surface area contributed by atoms with E-state index in [1.54, 1.807) is 30.2 Å². The number of carbonyl (C=O) groups is 2. The van der Waals surface area contributed by atoms with Crippen LogP contribution in [0.2, 0.25) is 0 Å². The highest BCUT2D eigenvalue weighted by Crippen LogP contribution is 2.32. The summed E-state index contributed by atoms with van der Waals surface area (Å²) in [4.78, 5) is 31.5. The summed E-state index contributed by atoms with van der Waals surface area (Å²) in [6.45, 7) is 6.07. The van der Waals surface area contributed by atoms with Crippen LogP contribution in [0.15, 0.2) is 66.2 Å². The highest BCUT2D eigenvalue weighted by atomic mass is 32.2. The Morgan fingerprint density at radius 3 is 2.69 bits per heavy atom. The molecule has 0 aliphatic carbocycles. The number of nitrogens with zero attached hydrogens (tertiary/aromatic N) is 2. The van der Waals surface area contributed by atoms with Crippen molar-refractivity contribution in [1.29, 1.82) is 0 Å². The van der Waals surface area contributed by atoms with E-state index in [1.807, 2.05) is 43.3 Å². The van der Waals surface area contributed by atoms with Crippen molar-refractivity contribution in [3.05, 3.63) is 66.7 Å². The van der Waals surface area contributed by atoms with Gasteiger partial charge in [-0.3, -0.25) is 14.5 Å². The van der Waals surface area contributed by atoms with Gasteiger partial charge in [0.1, 0.15) is 11.0 Å². The van der Waals surface area contributed by atoms with Crippen molar-refractivity contribution < 1.29 is 14.3 Å². The number of amidine groups is 1. The Hall–Kier alpha value is -3.06. The summed E-state index contributed by atoms with van der Waals surface area (Å²) < 4.78 is 5.25. The molecule has 0 saturated carbocycles. The number of amides is 2. The van der Waals surface area contributed by atoms with Crippen LogP contribution in [-0.2, 0) is 9.59 Å². The minimum atomic E-state index is -0.533. The van der Waals surface area contributed by atoms with Gasteiger partial charge in [-0.2, -0.15) is 0 Å². The number of ether oxygens (including phenoxy) is 1. The molecule has 0 radical (unpaired) electrons. The van der Waals surface area contributed by atoms with Crippen molar-refractivity contribution in [3.63, 3.8) is 0 Å². The summed E-state index contributed by atoms with van der Waals surface area (Å²) in [6.07, 6.45) is 1.70. The van der Waals surface area contributed by atoms with Crippen LogP contribution in [0.4, 0.5) is 11.4 Å². The van der Waals surface area contributed by atoms with Crippen molar-refractivity contribution >= 4 is 40.1 Å². The number of anilines is 1. The van der Waals surface area contributed by atoms with Crippen molar-refractivity contribution in [3.8, 4) is 5.75 Å². The Morgan fingerprint density at radius 2 is 2.00 bits per heavy atom. The Bertz CT molecular complexity index is 941. The van der Waals surface area contributed by atoms with Gasteiger partial charge in [-0.05, 0) is 31.2 Å². The lowest BCUT2D eigenvalue weighted by atomic mass is 10.2. The summed E-state index contributed by atoms with van der Waals surface area (Å²) in [5.74, 6) is 0.174. The molecule has 1 aliphatic rings. The molecule has 2 aromatic rings. The maximum Gasteiger partial charge on any atom is 0.242 e. The van der Waals surface area contributed by atoms with Crippen LogP contribution in [0.25, 0.3) is 0 Å². The number of hydrogen-bond donors (Lipinski definition) is 1. The van der Waals surface area contributed by atoms with Gasteiger partial charge in [-0.15, -0.1) is 6.58 Å². The first-order valence-electron chi connectivity index (χ1n) is 9.19. The number of rotatable bonds is 7. The van der Waals surface area contributed by atoms with Crippen molar-refractivity contribution in [2.24, 2.45) is 4.99 Å². The lowest BCUT2D eigenvalue weighted by Crippen LogP contribution is -2.33. The number of methoxy groups -OCH3 is 1. The molecule has 1 fully saturated rings. The molecule has 150 valence electrons. The zero-order chi connectivity index (χ0) is 20.8. The molecule has 7 heteroatoms. The number of nitrogens with one attached hydrogen (secondary N) is 1. The Labute approximate surface area is 174 Å². The molecule has 0 aromatic heterocycles. The Kier molecular flexibility index (Phi) is 6.72. The lowest BCUT2D eigenvalue weighted by molar-refractivity contribution is -0.127. The topological polar surface area (TPSA) is 71.0 Å². The number of thioether (sulfide) groups is 1. The molecule has 1 unspecified atom stereocenters. The molecule has 1 N–H and O–H groups in total. The van der Waals surface area contributed by atoms with Gasteiger partial charge in [0, 0.05) is 13.0 Å². The number of hydrogen-bond acceptors (Lipinski definition) is 5. The average Bonchev–Trinajstić information content (AvgIpc) is 2.99. The SMILES string of the molecule is C=CCN1C(=O)C(CC(=O)Nc2ccccc2OC)SC1=Nc1ccc(C)cc1. The molecule has 1 aliphatic heterocycles. The van der Waals surface area contributed by atoms with Crippen LogP contribution in [0, 0.1) is 6.92 Å². The first kappa shape index (κ1) is 20.7. The number of aryl methyl sites for hydroxylation is 1. The average molecular weight is 410 g/mol.